The summed E-state index contributed by atoms with van der Waals surface area (Å²) in [6.07, 6.45) is -14.8. The normalized spacial score (nSPS) is 12.5. The minimum Gasteiger partial charge on any atom is -0.246 e. The second-order valence-corrected chi connectivity index (χ2v) is 8.00. The lowest BCUT2D eigenvalue weighted by atomic mass is 10.2. The first-order valence-electron chi connectivity index (χ1n) is 10.5. The summed E-state index contributed by atoms with van der Waals surface area (Å²) < 4.78 is 120. The average Bonchev–Trinajstić information content (AvgIpc) is 2.83. The van der Waals surface area contributed by atoms with Crippen molar-refractivity contribution in [3.05, 3.63) is 121 Å². The summed E-state index contributed by atoms with van der Waals surface area (Å²) in [6, 6.07) is 7.95. The van der Waals surface area contributed by atoms with Crippen molar-refractivity contribution in [3.63, 3.8) is 0 Å². The van der Waals surface area contributed by atoms with Crippen LogP contribution in [0.15, 0.2) is 87.2 Å². The van der Waals surface area contributed by atoms with E-state index in [-0.39, 0.29) is 13.7 Å². The van der Waals surface area contributed by atoms with Gasteiger partial charge in [0.15, 0.2) is 0 Å². The highest BCUT2D eigenvalue weighted by atomic mass is 19.4. The molecule has 0 amide bonds. The maximum atomic E-state index is 13.3. The molecule has 1 heterocycles. The van der Waals surface area contributed by atoms with E-state index in [2.05, 4.69) is 0 Å². The Kier molecular flexibility index (Phi) is 6.57. The molecule has 4 rings (SSSR count). The van der Waals surface area contributed by atoms with Gasteiger partial charge < -0.3 is 0 Å². The van der Waals surface area contributed by atoms with Crippen molar-refractivity contribution in [3.8, 4) is 17.1 Å². The summed E-state index contributed by atoms with van der Waals surface area (Å²) in [5, 5.41) is 0. The van der Waals surface area contributed by atoms with Crippen LogP contribution in [-0.4, -0.2) is 13.7 Å². The van der Waals surface area contributed by atoms with Gasteiger partial charge in [-0.25, -0.2) is 28.1 Å². The number of benzene rings is 3. The summed E-state index contributed by atoms with van der Waals surface area (Å²) in [5.74, 6) is 0. The van der Waals surface area contributed by atoms with Crippen LogP contribution in [0, 0.1) is 0 Å². The lowest BCUT2D eigenvalue weighted by Gasteiger charge is -2.17. The zero-order chi connectivity index (χ0) is 28.9. The Balaban J connectivity index is 2.15. The first-order valence-corrected chi connectivity index (χ1v) is 10.5. The van der Waals surface area contributed by atoms with Crippen LogP contribution in [0.4, 0.5) is 39.5 Å². The summed E-state index contributed by atoms with van der Waals surface area (Å²) in [7, 11) is 0. The number of alkyl halides is 9. The fourth-order valence-electron chi connectivity index (χ4n) is 3.67. The van der Waals surface area contributed by atoms with Gasteiger partial charge in [0.25, 0.3) is 0 Å². The predicted octanol–water partition coefficient (Wildman–Crippen LogP) is 5.20. The van der Waals surface area contributed by atoms with Crippen molar-refractivity contribution < 1.29 is 39.5 Å². The van der Waals surface area contributed by atoms with Crippen molar-refractivity contribution >= 4 is 0 Å². The second-order valence-electron chi connectivity index (χ2n) is 8.00. The Morgan fingerprint density at radius 1 is 0.410 bits per heavy atom. The molecule has 0 atom stereocenters. The monoisotopic (exact) mass is 561 g/mol. The molecule has 6 nitrogen and oxygen atoms in total. The fraction of sp³-hybridized carbons (Fsp3) is 0.125. The number of hydrogen-bond donors (Lipinski definition) is 0. The molecule has 0 fully saturated rings. The molecule has 0 saturated heterocycles. The molecule has 0 bridgehead atoms. The molecule has 0 saturated carbocycles. The van der Waals surface area contributed by atoms with Gasteiger partial charge in [0, 0.05) is 0 Å². The Morgan fingerprint density at radius 2 is 0.641 bits per heavy atom. The van der Waals surface area contributed by atoms with E-state index < -0.39 is 69.4 Å². The highest BCUT2D eigenvalue weighted by Gasteiger charge is 2.33. The van der Waals surface area contributed by atoms with Crippen molar-refractivity contribution in [2.45, 2.75) is 18.5 Å². The van der Waals surface area contributed by atoms with Gasteiger partial charge in [-0.05, 0) is 54.6 Å². The van der Waals surface area contributed by atoms with Crippen LogP contribution in [0.3, 0.4) is 0 Å². The summed E-state index contributed by atoms with van der Waals surface area (Å²) in [6.45, 7) is 0. The maximum absolute atomic E-state index is 13.3. The van der Waals surface area contributed by atoms with Crippen LogP contribution in [0.5, 0.6) is 0 Å². The van der Waals surface area contributed by atoms with Crippen LogP contribution in [0.1, 0.15) is 16.7 Å². The van der Waals surface area contributed by atoms with Crippen molar-refractivity contribution in [2.75, 3.05) is 0 Å². The molecule has 15 heteroatoms. The van der Waals surface area contributed by atoms with Gasteiger partial charge in [0.05, 0.1) is 33.8 Å². The topological polar surface area (TPSA) is 66.0 Å². The molecule has 204 valence electrons. The van der Waals surface area contributed by atoms with Crippen LogP contribution in [0.25, 0.3) is 17.1 Å². The zero-order valence-electron chi connectivity index (χ0n) is 18.9. The molecule has 0 radical (unpaired) electrons. The number of rotatable bonds is 3. The summed E-state index contributed by atoms with van der Waals surface area (Å²) in [4.78, 5) is 39.9. The Hall–Kier alpha value is -4.56. The zero-order valence-corrected chi connectivity index (χ0v) is 18.9. The largest absolute Gasteiger partial charge is 0.416 e. The van der Waals surface area contributed by atoms with E-state index >= 15 is 0 Å². The van der Waals surface area contributed by atoms with Gasteiger partial charge in [-0.2, -0.15) is 39.5 Å². The van der Waals surface area contributed by atoms with Gasteiger partial charge in [-0.1, -0.05) is 18.2 Å². The third kappa shape index (κ3) is 5.24. The maximum Gasteiger partial charge on any atom is 0.416 e. The van der Waals surface area contributed by atoms with Crippen LogP contribution >= 0.6 is 0 Å². The van der Waals surface area contributed by atoms with Crippen molar-refractivity contribution in [1.29, 1.82) is 0 Å². The number of hydrogen-bond acceptors (Lipinski definition) is 3. The molecule has 3 aromatic carbocycles. The van der Waals surface area contributed by atoms with Crippen molar-refractivity contribution in [1.82, 2.24) is 13.7 Å². The standard InChI is InChI=1S/C24H12F9N3O3/c25-22(26,27)13-4-1-7-16(10-13)34-19(37)35(17-8-2-5-14(11-17)23(28,29)30)21(39)36(20(34)38)18-9-3-6-15(12-18)24(31,32)33/h1-12H. The molecule has 0 unspecified atom stereocenters. The molecular formula is C24H12F9N3O3. The lowest BCUT2D eigenvalue weighted by molar-refractivity contribution is -0.138. The molecular weight excluding hydrogens is 549 g/mol. The van der Waals surface area contributed by atoms with Gasteiger partial charge in [0.2, 0.25) is 0 Å². The average molecular weight is 561 g/mol. The Bertz CT molecular complexity index is 1510. The van der Waals surface area contributed by atoms with E-state index in [1.165, 1.54) is 0 Å². The third-order valence-electron chi connectivity index (χ3n) is 5.44. The first-order chi connectivity index (χ1) is 18.0. The van der Waals surface area contributed by atoms with Gasteiger partial charge in [-0.15, -0.1) is 0 Å². The number of nitrogens with zero attached hydrogens (tertiary/aromatic N) is 3. The molecule has 0 N–H and O–H groups in total. The molecule has 0 aliphatic heterocycles. The number of aromatic nitrogens is 3. The Labute approximate surface area is 210 Å². The van der Waals surface area contributed by atoms with Gasteiger partial charge in [-0.3, -0.25) is 0 Å². The van der Waals surface area contributed by atoms with Gasteiger partial charge >= 0.3 is 35.6 Å². The van der Waals surface area contributed by atoms with E-state index in [0.717, 1.165) is 36.4 Å². The summed E-state index contributed by atoms with van der Waals surface area (Å²) in [5.41, 5.74) is -11.2. The molecule has 39 heavy (non-hydrogen) atoms. The summed E-state index contributed by atoms with van der Waals surface area (Å²) >= 11 is 0. The van der Waals surface area contributed by atoms with Crippen molar-refractivity contribution in [2.24, 2.45) is 0 Å². The predicted molar refractivity (Wildman–Crippen MR) is 118 cm³/mol. The molecule has 0 spiro atoms. The fourth-order valence-corrected chi connectivity index (χ4v) is 3.67. The van der Waals surface area contributed by atoms with Crippen LogP contribution in [0.2, 0.25) is 0 Å². The number of halogens is 9. The highest BCUT2D eigenvalue weighted by Crippen LogP contribution is 2.32. The highest BCUT2D eigenvalue weighted by molar-refractivity contribution is 5.42. The molecule has 4 aromatic rings. The van der Waals surface area contributed by atoms with E-state index in [9.17, 15) is 53.9 Å². The van der Waals surface area contributed by atoms with Crippen LogP contribution in [-0.2, 0) is 18.5 Å². The Morgan fingerprint density at radius 3 is 0.846 bits per heavy atom. The minimum absolute atomic E-state index is 0.0389. The SMILES string of the molecule is O=c1n(-c2cccc(C(F)(F)F)c2)c(=O)n(-c2cccc(C(F)(F)F)c2)c(=O)n1-c1cccc(C(F)(F)F)c1. The van der Waals surface area contributed by atoms with E-state index in [0.29, 0.717) is 36.4 Å². The third-order valence-corrected chi connectivity index (χ3v) is 5.44. The molecule has 0 aliphatic rings. The molecule has 0 aliphatic carbocycles. The van der Waals surface area contributed by atoms with E-state index in [4.69, 9.17) is 0 Å². The van der Waals surface area contributed by atoms with E-state index in [1.807, 2.05) is 0 Å². The van der Waals surface area contributed by atoms with Crippen LogP contribution < -0.4 is 17.1 Å². The smallest absolute Gasteiger partial charge is 0.246 e. The molecule has 1 aromatic heterocycles. The second kappa shape index (κ2) is 9.32. The van der Waals surface area contributed by atoms with E-state index in [1.54, 1.807) is 0 Å². The quantitative estimate of drug-likeness (QED) is 0.324. The van der Waals surface area contributed by atoms with Gasteiger partial charge in [0.1, 0.15) is 0 Å². The first kappa shape index (κ1) is 27.5. The lowest BCUT2D eigenvalue weighted by Crippen LogP contribution is -2.52. The minimum atomic E-state index is -4.95.